The first-order valence-electron chi connectivity index (χ1n) is 11.5. The zero-order valence-electron chi connectivity index (χ0n) is 20.2. The molecule has 0 saturated carbocycles. The number of amides is 1. The van der Waals surface area contributed by atoms with Gasteiger partial charge in [-0.3, -0.25) is 9.59 Å². The van der Waals surface area contributed by atoms with Crippen LogP contribution < -0.4 is 20.3 Å². The molecule has 1 aromatic heterocycles. The van der Waals surface area contributed by atoms with Gasteiger partial charge >= 0.3 is 0 Å². The molecular weight excluding hydrogens is 543 g/mol. The molecule has 1 amide bonds. The van der Waals surface area contributed by atoms with Gasteiger partial charge in [-0.05, 0) is 48.9 Å². The highest BCUT2D eigenvalue weighted by molar-refractivity contribution is 9.10. The van der Waals surface area contributed by atoms with Gasteiger partial charge in [0.25, 0.3) is 11.5 Å². The van der Waals surface area contributed by atoms with Crippen molar-refractivity contribution in [2.75, 3.05) is 19.0 Å². The van der Waals surface area contributed by atoms with Crippen molar-refractivity contribution in [1.82, 2.24) is 9.66 Å². The molecule has 8 nitrogen and oxygen atoms in total. The van der Waals surface area contributed by atoms with Crippen LogP contribution in [-0.2, 0) is 11.2 Å². The minimum Gasteiger partial charge on any atom is -0.493 e. The quantitative estimate of drug-likeness (QED) is 0.282. The molecule has 0 atom stereocenters. The number of hydrogen-bond donors (Lipinski definition) is 1. The normalized spacial score (nSPS) is 11.1. The summed E-state index contributed by atoms with van der Waals surface area (Å²) in [5.74, 6) is 0.0338. The van der Waals surface area contributed by atoms with E-state index in [0.29, 0.717) is 34.5 Å². The summed E-state index contributed by atoms with van der Waals surface area (Å²) < 4.78 is 27.1. The van der Waals surface area contributed by atoms with Crippen LogP contribution >= 0.6 is 15.9 Å². The third kappa shape index (κ3) is 6.03. The summed E-state index contributed by atoms with van der Waals surface area (Å²) in [7, 11) is 1.47. The predicted molar refractivity (Wildman–Crippen MR) is 144 cm³/mol. The lowest BCUT2D eigenvalue weighted by Gasteiger charge is -2.14. The first-order valence-corrected chi connectivity index (χ1v) is 12.3. The average Bonchev–Trinajstić information content (AvgIpc) is 2.89. The molecule has 0 saturated heterocycles. The summed E-state index contributed by atoms with van der Waals surface area (Å²) in [5.41, 5.74) is 0.813. The summed E-state index contributed by atoms with van der Waals surface area (Å²) in [5, 5.41) is 7.34. The van der Waals surface area contributed by atoms with Crippen molar-refractivity contribution in [3.8, 4) is 11.5 Å². The number of para-hydroxylation sites is 2. The fraction of sp³-hybridized carbons (Fsp3) is 0.185. The van der Waals surface area contributed by atoms with Crippen LogP contribution in [0.5, 0.6) is 11.5 Å². The molecule has 10 heteroatoms. The number of anilines is 1. The van der Waals surface area contributed by atoms with Gasteiger partial charge in [-0.1, -0.05) is 41.1 Å². The van der Waals surface area contributed by atoms with Gasteiger partial charge in [0.15, 0.2) is 18.1 Å². The van der Waals surface area contributed by atoms with E-state index in [-0.39, 0.29) is 17.0 Å². The first-order chi connectivity index (χ1) is 17.9. The van der Waals surface area contributed by atoms with E-state index in [1.54, 1.807) is 36.4 Å². The molecule has 0 aliphatic heterocycles. The molecule has 1 heterocycles. The lowest BCUT2D eigenvalue weighted by Crippen LogP contribution is -2.23. The van der Waals surface area contributed by atoms with Crippen molar-refractivity contribution >= 4 is 44.6 Å². The summed E-state index contributed by atoms with van der Waals surface area (Å²) >= 11 is 3.40. The number of nitrogens with zero attached hydrogens (tertiary/aromatic N) is 3. The molecular formula is C27H24BrFN4O4. The van der Waals surface area contributed by atoms with Gasteiger partial charge < -0.3 is 14.8 Å². The Balaban J connectivity index is 1.65. The van der Waals surface area contributed by atoms with Gasteiger partial charge in [0.2, 0.25) is 0 Å². The number of aromatic nitrogens is 2. The van der Waals surface area contributed by atoms with E-state index in [9.17, 15) is 14.0 Å². The van der Waals surface area contributed by atoms with E-state index in [1.165, 1.54) is 36.2 Å². The van der Waals surface area contributed by atoms with Crippen molar-refractivity contribution in [3.05, 3.63) is 92.7 Å². The van der Waals surface area contributed by atoms with E-state index >= 15 is 0 Å². The van der Waals surface area contributed by atoms with Gasteiger partial charge in [0, 0.05) is 16.5 Å². The van der Waals surface area contributed by atoms with E-state index in [2.05, 4.69) is 31.3 Å². The molecule has 0 unspecified atom stereocenters. The minimum absolute atomic E-state index is 0.0520. The van der Waals surface area contributed by atoms with Crippen LogP contribution in [0.2, 0.25) is 0 Å². The van der Waals surface area contributed by atoms with Crippen molar-refractivity contribution in [1.29, 1.82) is 0 Å². The van der Waals surface area contributed by atoms with E-state index in [0.717, 1.165) is 10.9 Å². The number of nitrogens with one attached hydrogen (secondary N) is 1. The lowest BCUT2D eigenvalue weighted by molar-refractivity contribution is -0.118. The molecule has 3 aromatic carbocycles. The predicted octanol–water partition coefficient (Wildman–Crippen LogP) is 5.16. The Morgan fingerprint density at radius 3 is 2.76 bits per heavy atom. The van der Waals surface area contributed by atoms with Gasteiger partial charge in [0.1, 0.15) is 11.6 Å². The van der Waals surface area contributed by atoms with E-state index in [4.69, 9.17) is 9.47 Å². The van der Waals surface area contributed by atoms with Gasteiger partial charge in [-0.2, -0.15) is 9.78 Å². The van der Waals surface area contributed by atoms with Crippen molar-refractivity contribution < 1.29 is 18.7 Å². The molecule has 1 N–H and O–H groups in total. The van der Waals surface area contributed by atoms with Crippen molar-refractivity contribution in [3.63, 3.8) is 0 Å². The standard InChI is InChI=1S/C27H24BrFN4O4/c1-3-7-24-31-21-13-12-18(28)14-19(21)27(35)33(24)30-15-17-8-6-11-23(36-2)26(17)37-16-25(34)32-22-10-5-4-9-20(22)29/h4-6,8-15H,3,7,16H2,1-2H3,(H,32,34). The van der Waals surface area contributed by atoms with Crippen LogP contribution in [0, 0.1) is 5.82 Å². The van der Waals surface area contributed by atoms with Crippen LogP contribution in [0.25, 0.3) is 10.9 Å². The Kier molecular flexibility index (Phi) is 8.29. The Labute approximate surface area is 220 Å². The molecule has 190 valence electrons. The molecule has 0 fully saturated rings. The Morgan fingerprint density at radius 1 is 1.19 bits per heavy atom. The molecule has 4 rings (SSSR count). The Morgan fingerprint density at radius 2 is 2.00 bits per heavy atom. The number of methoxy groups -OCH3 is 1. The fourth-order valence-corrected chi connectivity index (χ4v) is 4.02. The zero-order valence-corrected chi connectivity index (χ0v) is 21.8. The largest absolute Gasteiger partial charge is 0.493 e. The first kappa shape index (κ1) is 26.0. The van der Waals surface area contributed by atoms with Crippen LogP contribution in [0.3, 0.4) is 0 Å². The van der Waals surface area contributed by atoms with Crippen LogP contribution in [-0.4, -0.2) is 35.5 Å². The number of carbonyl (C=O) groups is 1. The topological polar surface area (TPSA) is 94.8 Å². The molecule has 0 aliphatic rings. The molecule has 4 aromatic rings. The third-order valence-electron chi connectivity index (χ3n) is 5.39. The van der Waals surface area contributed by atoms with Gasteiger partial charge in [-0.25, -0.2) is 9.37 Å². The van der Waals surface area contributed by atoms with Gasteiger partial charge in [0.05, 0.1) is 29.9 Å². The fourth-order valence-electron chi connectivity index (χ4n) is 3.66. The van der Waals surface area contributed by atoms with E-state index in [1.807, 2.05) is 13.0 Å². The maximum Gasteiger partial charge on any atom is 0.282 e. The highest BCUT2D eigenvalue weighted by Gasteiger charge is 2.14. The second-order valence-electron chi connectivity index (χ2n) is 8.00. The number of hydrogen-bond acceptors (Lipinski definition) is 6. The van der Waals surface area contributed by atoms with Crippen LogP contribution in [0.1, 0.15) is 24.7 Å². The monoisotopic (exact) mass is 566 g/mol. The average molecular weight is 567 g/mol. The molecule has 0 radical (unpaired) electrons. The minimum atomic E-state index is -0.551. The molecule has 0 bridgehead atoms. The summed E-state index contributed by atoms with van der Waals surface area (Å²) in [4.78, 5) is 30.3. The van der Waals surface area contributed by atoms with Crippen LogP contribution in [0.15, 0.2) is 75.0 Å². The van der Waals surface area contributed by atoms with Crippen molar-refractivity contribution in [2.24, 2.45) is 5.10 Å². The highest BCUT2D eigenvalue weighted by Crippen LogP contribution is 2.30. The third-order valence-corrected chi connectivity index (χ3v) is 5.88. The molecule has 37 heavy (non-hydrogen) atoms. The number of carbonyl (C=O) groups excluding carboxylic acids is 1. The molecule has 0 spiro atoms. The maximum absolute atomic E-state index is 13.9. The van der Waals surface area contributed by atoms with Crippen molar-refractivity contribution in [2.45, 2.75) is 19.8 Å². The van der Waals surface area contributed by atoms with Gasteiger partial charge in [-0.15, -0.1) is 0 Å². The number of rotatable bonds is 9. The molecule has 0 aliphatic carbocycles. The SMILES string of the molecule is CCCc1nc2ccc(Br)cc2c(=O)n1N=Cc1cccc(OC)c1OCC(=O)Nc1ccccc1F. The number of aryl methyl sites for hydroxylation is 1. The number of benzene rings is 3. The second kappa shape index (κ2) is 11.8. The van der Waals surface area contributed by atoms with Crippen LogP contribution in [0.4, 0.5) is 10.1 Å². The number of ether oxygens (including phenoxy) is 2. The number of halogens is 2. The number of fused-ring (bicyclic) bond motifs is 1. The van der Waals surface area contributed by atoms with E-state index < -0.39 is 18.3 Å². The second-order valence-corrected chi connectivity index (χ2v) is 8.91. The maximum atomic E-state index is 13.9. The zero-order chi connectivity index (χ0) is 26.4. The summed E-state index contributed by atoms with van der Waals surface area (Å²) in [6, 6.07) is 16.3. The summed E-state index contributed by atoms with van der Waals surface area (Å²) in [6.07, 6.45) is 2.78. The Hall–Kier alpha value is -4.05. The smallest absolute Gasteiger partial charge is 0.282 e. The highest BCUT2D eigenvalue weighted by atomic mass is 79.9. The summed E-state index contributed by atoms with van der Waals surface area (Å²) in [6.45, 7) is 1.59. The Bertz CT molecular complexity index is 1540. The lowest BCUT2D eigenvalue weighted by atomic mass is 10.2.